The zero-order chi connectivity index (χ0) is 25.2. The van der Waals surface area contributed by atoms with E-state index in [9.17, 15) is 19.5 Å². The molecule has 1 aliphatic carbocycles. The Labute approximate surface area is 210 Å². The number of carbonyl (C=O) groups excluding carboxylic acids is 2. The number of rotatable bonds is 6. The van der Waals surface area contributed by atoms with Crippen LogP contribution in [0.25, 0.3) is 11.1 Å². The molecule has 8 heteroatoms. The van der Waals surface area contributed by atoms with Crippen molar-refractivity contribution in [1.29, 1.82) is 0 Å². The van der Waals surface area contributed by atoms with Gasteiger partial charge in [0.15, 0.2) is 0 Å². The predicted molar refractivity (Wildman–Crippen MR) is 137 cm³/mol. The number of benzene rings is 2. The van der Waals surface area contributed by atoms with Gasteiger partial charge >= 0.3 is 12.1 Å². The molecule has 2 aliphatic rings. The Morgan fingerprint density at radius 2 is 1.69 bits per heavy atom. The van der Waals surface area contributed by atoms with Gasteiger partial charge in [-0.1, -0.05) is 69.3 Å². The fraction of sp³-hybridized carbons (Fsp3) is 0.444. The molecule has 1 fully saturated rings. The van der Waals surface area contributed by atoms with E-state index in [2.05, 4.69) is 29.6 Å². The van der Waals surface area contributed by atoms with Crippen molar-refractivity contribution in [1.82, 2.24) is 10.2 Å². The van der Waals surface area contributed by atoms with Crippen molar-refractivity contribution < 1.29 is 24.2 Å². The molecule has 186 valence electrons. The molecule has 2 N–H and O–H groups in total. The highest BCUT2D eigenvalue weighted by Gasteiger charge is 2.40. The highest BCUT2D eigenvalue weighted by molar-refractivity contribution is 7.99. The monoisotopic (exact) mass is 496 g/mol. The lowest BCUT2D eigenvalue weighted by molar-refractivity contribution is -0.142. The van der Waals surface area contributed by atoms with Crippen molar-refractivity contribution in [3.63, 3.8) is 0 Å². The second-order valence-electron chi connectivity index (χ2n) is 10.1. The van der Waals surface area contributed by atoms with E-state index in [4.69, 9.17) is 4.74 Å². The van der Waals surface area contributed by atoms with Gasteiger partial charge in [-0.15, -0.1) is 0 Å². The summed E-state index contributed by atoms with van der Waals surface area (Å²) in [5, 5.41) is 12.1. The molecule has 1 aliphatic heterocycles. The SMILES string of the molecule is CC(C)(C)[C@@H](NC(=O)OCC1c2ccccc2-c2ccccc21)C(=O)N1CCSCC1CC(=O)O. The molecular formula is C27H32N2O5S. The number of alkyl carbamates (subject to hydrolysis) is 1. The van der Waals surface area contributed by atoms with Crippen LogP contribution >= 0.6 is 11.8 Å². The molecule has 1 unspecified atom stereocenters. The molecule has 7 nitrogen and oxygen atoms in total. The maximum absolute atomic E-state index is 13.5. The molecule has 0 bridgehead atoms. The van der Waals surface area contributed by atoms with Crippen LogP contribution in [0.4, 0.5) is 4.79 Å². The van der Waals surface area contributed by atoms with Gasteiger partial charge in [-0.2, -0.15) is 11.8 Å². The number of nitrogens with zero attached hydrogens (tertiary/aromatic N) is 1. The van der Waals surface area contributed by atoms with E-state index >= 15 is 0 Å². The standard InChI is InChI=1S/C27H32N2O5S/c1-27(2,3)24(25(32)29-12-13-35-16-17(29)14-23(30)31)28-26(33)34-15-22-20-10-6-4-8-18(20)19-9-5-7-11-21(19)22/h4-11,17,22,24H,12-16H2,1-3H3,(H,28,33)(H,30,31)/t17?,24-/m0/s1. The number of nitrogens with one attached hydrogen (secondary N) is 1. The lowest BCUT2D eigenvalue weighted by Crippen LogP contribution is -2.59. The van der Waals surface area contributed by atoms with E-state index in [0.717, 1.165) is 28.0 Å². The molecule has 2 aromatic carbocycles. The van der Waals surface area contributed by atoms with Crippen molar-refractivity contribution in [2.24, 2.45) is 5.41 Å². The molecule has 2 aromatic rings. The topological polar surface area (TPSA) is 95.9 Å². The third-order valence-corrected chi connectivity index (χ3v) is 7.73. The number of fused-ring (bicyclic) bond motifs is 3. The maximum Gasteiger partial charge on any atom is 0.407 e. The number of ether oxygens (including phenoxy) is 1. The molecular weight excluding hydrogens is 464 g/mol. The molecule has 0 aromatic heterocycles. The zero-order valence-electron chi connectivity index (χ0n) is 20.3. The van der Waals surface area contributed by atoms with E-state index in [1.165, 1.54) is 0 Å². The first-order valence-electron chi connectivity index (χ1n) is 11.9. The summed E-state index contributed by atoms with van der Waals surface area (Å²) in [6, 6.07) is 15.0. The molecule has 1 saturated heterocycles. The third-order valence-electron chi connectivity index (χ3n) is 6.64. The minimum absolute atomic E-state index is 0.0731. The number of aliphatic carboxylic acids is 1. The van der Waals surface area contributed by atoms with E-state index in [1.807, 2.05) is 45.0 Å². The summed E-state index contributed by atoms with van der Waals surface area (Å²) in [4.78, 5) is 39.4. The number of hydrogen-bond donors (Lipinski definition) is 2. The summed E-state index contributed by atoms with van der Waals surface area (Å²) in [5.74, 6) is 0.0319. The average molecular weight is 497 g/mol. The first kappa shape index (κ1) is 25.1. The second-order valence-corrected chi connectivity index (χ2v) is 11.3. The van der Waals surface area contributed by atoms with Crippen LogP contribution in [0.3, 0.4) is 0 Å². The Kier molecular flexibility index (Phi) is 7.40. The quantitative estimate of drug-likeness (QED) is 0.617. The lowest BCUT2D eigenvalue weighted by Gasteiger charge is -2.40. The van der Waals surface area contributed by atoms with E-state index in [1.54, 1.807) is 16.7 Å². The van der Waals surface area contributed by atoms with Crippen LogP contribution in [-0.2, 0) is 14.3 Å². The smallest absolute Gasteiger partial charge is 0.407 e. The summed E-state index contributed by atoms with van der Waals surface area (Å²) in [6.45, 7) is 6.26. The summed E-state index contributed by atoms with van der Waals surface area (Å²) in [7, 11) is 0. The average Bonchev–Trinajstić information content (AvgIpc) is 3.14. The van der Waals surface area contributed by atoms with Crippen LogP contribution in [-0.4, -0.2) is 64.7 Å². The Morgan fingerprint density at radius 3 is 2.26 bits per heavy atom. The minimum Gasteiger partial charge on any atom is -0.481 e. The van der Waals surface area contributed by atoms with Crippen LogP contribution in [0.1, 0.15) is 44.2 Å². The summed E-state index contributed by atoms with van der Waals surface area (Å²) in [6.07, 6.45) is -0.762. The summed E-state index contributed by atoms with van der Waals surface area (Å²) in [5.41, 5.74) is 3.94. The van der Waals surface area contributed by atoms with Crippen LogP contribution < -0.4 is 5.32 Å². The Balaban J connectivity index is 1.46. The van der Waals surface area contributed by atoms with Gasteiger partial charge in [-0.05, 0) is 27.7 Å². The van der Waals surface area contributed by atoms with Gasteiger partial charge < -0.3 is 20.1 Å². The molecule has 0 saturated carbocycles. The van der Waals surface area contributed by atoms with Gasteiger partial charge in [0, 0.05) is 24.0 Å². The molecule has 2 amide bonds. The van der Waals surface area contributed by atoms with Crippen LogP contribution in [0.5, 0.6) is 0 Å². The highest BCUT2D eigenvalue weighted by Crippen LogP contribution is 2.44. The normalized spacial score (nSPS) is 18.4. The number of carboxylic acids is 1. The largest absolute Gasteiger partial charge is 0.481 e. The first-order chi connectivity index (χ1) is 16.7. The number of hydrogen-bond acceptors (Lipinski definition) is 5. The van der Waals surface area contributed by atoms with Crippen LogP contribution in [0.2, 0.25) is 0 Å². The van der Waals surface area contributed by atoms with Crippen molar-refractivity contribution in [2.75, 3.05) is 24.7 Å². The van der Waals surface area contributed by atoms with E-state index in [0.29, 0.717) is 12.3 Å². The molecule has 0 radical (unpaired) electrons. The number of carbonyl (C=O) groups is 3. The van der Waals surface area contributed by atoms with Gasteiger partial charge in [0.05, 0.1) is 12.5 Å². The zero-order valence-corrected chi connectivity index (χ0v) is 21.1. The number of thioether (sulfide) groups is 1. The van der Waals surface area contributed by atoms with E-state index < -0.39 is 29.6 Å². The Bertz CT molecular complexity index is 1070. The fourth-order valence-electron chi connectivity index (χ4n) is 4.89. The fourth-order valence-corrected chi connectivity index (χ4v) is 5.95. The molecule has 2 atom stereocenters. The van der Waals surface area contributed by atoms with Crippen molar-refractivity contribution in [3.8, 4) is 11.1 Å². The maximum atomic E-state index is 13.5. The van der Waals surface area contributed by atoms with Gasteiger partial charge in [0.25, 0.3) is 0 Å². The van der Waals surface area contributed by atoms with Crippen molar-refractivity contribution in [2.45, 2.75) is 45.2 Å². The van der Waals surface area contributed by atoms with Gasteiger partial charge in [-0.3, -0.25) is 9.59 Å². The molecule has 0 spiro atoms. The van der Waals surface area contributed by atoms with Gasteiger partial charge in [-0.25, -0.2) is 4.79 Å². The Hall–Kier alpha value is -3.00. The summed E-state index contributed by atoms with van der Waals surface area (Å²) < 4.78 is 5.68. The van der Waals surface area contributed by atoms with Gasteiger partial charge in [0.2, 0.25) is 5.91 Å². The van der Waals surface area contributed by atoms with Crippen LogP contribution in [0.15, 0.2) is 48.5 Å². The second kappa shape index (κ2) is 10.3. The Morgan fingerprint density at radius 1 is 1.09 bits per heavy atom. The number of amides is 2. The molecule has 4 rings (SSSR count). The number of carboxylic acid groups (broad SMARTS) is 1. The van der Waals surface area contributed by atoms with E-state index in [-0.39, 0.29) is 24.9 Å². The predicted octanol–water partition coefficient (Wildman–Crippen LogP) is 4.36. The highest BCUT2D eigenvalue weighted by atomic mass is 32.2. The van der Waals surface area contributed by atoms with Gasteiger partial charge in [0.1, 0.15) is 12.6 Å². The first-order valence-corrected chi connectivity index (χ1v) is 13.0. The minimum atomic E-state index is -0.938. The lowest BCUT2D eigenvalue weighted by atomic mass is 9.85. The van der Waals surface area contributed by atoms with Crippen molar-refractivity contribution >= 4 is 29.7 Å². The summed E-state index contributed by atoms with van der Waals surface area (Å²) >= 11 is 1.64. The molecule has 1 heterocycles. The molecule has 35 heavy (non-hydrogen) atoms. The van der Waals surface area contributed by atoms with Crippen molar-refractivity contribution in [3.05, 3.63) is 59.7 Å². The third kappa shape index (κ3) is 5.48. The van der Waals surface area contributed by atoms with Crippen LogP contribution in [0, 0.1) is 5.41 Å².